The Balaban J connectivity index is 3.22. The summed E-state index contributed by atoms with van der Waals surface area (Å²) in [6.45, 7) is 1.22. The number of non-ortho nitro benzene ring substituents is 1. The van der Waals surface area contributed by atoms with E-state index in [1.807, 2.05) is 0 Å². The number of ketones is 1. The second-order valence-electron chi connectivity index (χ2n) is 2.98. The number of hydrogen-bond donors (Lipinski definition) is 1. The molecule has 0 aromatic heterocycles. The molecule has 0 spiro atoms. The van der Waals surface area contributed by atoms with Crippen molar-refractivity contribution < 1.29 is 14.8 Å². The fourth-order valence-electron chi connectivity index (χ4n) is 1.07. The van der Waals surface area contributed by atoms with E-state index in [0.29, 0.717) is 4.47 Å². The Hall–Kier alpha value is -1.27. The van der Waals surface area contributed by atoms with E-state index in [2.05, 4.69) is 15.9 Å². The summed E-state index contributed by atoms with van der Waals surface area (Å²) < 4.78 is 0.468. The molecule has 1 aromatic carbocycles. The quantitative estimate of drug-likeness (QED) is 0.675. The number of nitro groups is 1. The monoisotopic (exact) mass is 273 g/mol. The molecule has 0 saturated carbocycles. The summed E-state index contributed by atoms with van der Waals surface area (Å²) in [7, 11) is 0. The van der Waals surface area contributed by atoms with Crippen LogP contribution in [0.1, 0.15) is 18.6 Å². The molecule has 1 N–H and O–H groups in total. The number of nitro benzene ring substituents is 1. The number of rotatable bonds is 3. The van der Waals surface area contributed by atoms with Crippen LogP contribution in [0, 0.1) is 10.1 Å². The molecule has 0 aliphatic heterocycles. The summed E-state index contributed by atoms with van der Waals surface area (Å²) in [5.41, 5.74) is 0.0465. The average Bonchev–Trinajstić information content (AvgIpc) is 2.16. The second-order valence-corrected chi connectivity index (χ2v) is 3.83. The molecule has 0 amide bonds. The van der Waals surface area contributed by atoms with E-state index in [1.165, 1.54) is 25.1 Å². The van der Waals surface area contributed by atoms with Gasteiger partial charge in [-0.3, -0.25) is 14.9 Å². The first-order chi connectivity index (χ1) is 6.93. The van der Waals surface area contributed by atoms with Crippen molar-refractivity contribution in [3.63, 3.8) is 0 Å². The molecule has 0 aliphatic rings. The maximum absolute atomic E-state index is 10.9. The molecule has 0 bridgehead atoms. The summed E-state index contributed by atoms with van der Waals surface area (Å²) in [5, 5.41) is 20.0. The minimum absolute atomic E-state index is 0.159. The summed E-state index contributed by atoms with van der Waals surface area (Å²) in [6, 6.07) is 3.90. The van der Waals surface area contributed by atoms with Crippen molar-refractivity contribution in [1.29, 1.82) is 0 Å². The molecule has 1 unspecified atom stereocenters. The SMILES string of the molecule is CC(=O)C(O)c1cc([N+](=O)[O-])ccc1Br. The number of benzene rings is 1. The smallest absolute Gasteiger partial charge is 0.269 e. The van der Waals surface area contributed by atoms with Gasteiger partial charge in [0, 0.05) is 22.2 Å². The molecule has 5 nitrogen and oxygen atoms in total. The summed E-state index contributed by atoms with van der Waals surface area (Å²) in [5.74, 6) is -0.462. The van der Waals surface area contributed by atoms with Gasteiger partial charge in [-0.05, 0) is 13.0 Å². The van der Waals surface area contributed by atoms with E-state index in [1.54, 1.807) is 0 Å². The highest BCUT2D eigenvalue weighted by Gasteiger charge is 2.19. The highest BCUT2D eigenvalue weighted by atomic mass is 79.9. The predicted molar refractivity (Wildman–Crippen MR) is 56.4 cm³/mol. The lowest BCUT2D eigenvalue weighted by atomic mass is 10.1. The van der Waals surface area contributed by atoms with E-state index < -0.39 is 16.8 Å². The zero-order chi connectivity index (χ0) is 11.6. The van der Waals surface area contributed by atoms with Crippen molar-refractivity contribution in [3.8, 4) is 0 Å². The van der Waals surface area contributed by atoms with E-state index in [4.69, 9.17) is 0 Å². The number of aliphatic hydroxyl groups is 1. The van der Waals surface area contributed by atoms with Crippen LogP contribution in [0.4, 0.5) is 5.69 Å². The van der Waals surface area contributed by atoms with Gasteiger partial charge in [0.15, 0.2) is 5.78 Å². The first-order valence-corrected chi connectivity index (χ1v) is 4.85. The molecule has 0 fully saturated rings. The molecule has 0 aliphatic carbocycles. The molecular weight excluding hydrogens is 266 g/mol. The topological polar surface area (TPSA) is 80.4 Å². The minimum atomic E-state index is -1.33. The van der Waals surface area contributed by atoms with Gasteiger partial charge in [-0.15, -0.1) is 0 Å². The standard InChI is InChI=1S/C9H8BrNO4/c1-5(12)9(13)7-4-6(11(14)15)2-3-8(7)10/h2-4,9,13H,1H3. The number of hydrogen-bond acceptors (Lipinski definition) is 4. The van der Waals surface area contributed by atoms with Gasteiger partial charge in [-0.2, -0.15) is 0 Å². The first-order valence-electron chi connectivity index (χ1n) is 4.06. The lowest BCUT2D eigenvalue weighted by molar-refractivity contribution is -0.385. The number of nitrogens with zero attached hydrogens (tertiary/aromatic N) is 1. The fraction of sp³-hybridized carbons (Fsp3) is 0.222. The maximum atomic E-state index is 10.9. The molecule has 0 radical (unpaired) electrons. The fourth-order valence-corrected chi connectivity index (χ4v) is 1.54. The van der Waals surface area contributed by atoms with Crippen LogP contribution in [-0.2, 0) is 4.79 Å². The van der Waals surface area contributed by atoms with Crippen LogP contribution in [0.15, 0.2) is 22.7 Å². The predicted octanol–water partition coefficient (Wildman–Crippen LogP) is 1.98. The van der Waals surface area contributed by atoms with Gasteiger partial charge in [0.25, 0.3) is 5.69 Å². The van der Waals surface area contributed by atoms with Crippen molar-refractivity contribution >= 4 is 27.4 Å². The Bertz CT molecular complexity index is 419. The zero-order valence-electron chi connectivity index (χ0n) is 7.81. The maximum Gasteiger partial charge on any atom is 0.269 e. The van der Waals surface area contributed by atoms with Crippen LogP contribution in [0.5, 0.6) is 0 Å². The van der Waals surface area contributed by atoms with Crippen molar-refractivity contribution in [2.75, 3.05) is 0 Å². The Morgan fingerprint density at radius 1 is 1.60 bits per heavy atom. The van der Waals surface area contributed by atoms with Crippen LogP contribution in [-0.4, -0.2) is 15.8 Å². The first kappa shape index (κ1) is 11.8. The van der Waals surface area contributed by atoms with Crippen molar-refractivity contribution in [1.82, 2.24) is 0 Å². The number of carbonyl (C=O) groups excluding carboxylic acids is 1. The molecule has 1 aromatic rings. The van der Waals surface area contributed by atoms with Crippen LogP contribution in [0.3, 0.4) is 0 Å². The lowest BCUT2D eigenvalue weighted by Gasteiger charge is -2.08. The number of carbonyl (C=O) groups is 1. The Morgan fingerprint density at radius 3 is 2.67 bits per heavy atom. The van der Waals surface area contributed by atoms with Crippen LogP contribution >= 0.6 is 15.9 Å². The third-order valence-corrected chi connectivity index (χ3v) is 2.59. The van der Waals surface area contributed by atoms with Gasteiger partial charge in [-0.25, -0.2) is 0 Å². The number of aliphatic hydroxyl groups excluding tert-OH is 1. The van der Waals surface area contributed by atoms with Gasteiger partial charge in [0.05, 0.1) is 4.92 Å². The Morgan fingerprint density at radius 2 is 2.20 bits per heavy atom. The van der Waals surface area contributed by atoms with E-state index in [0.717, 1.165) is 0 Å². The van der Waals surface area contributed by atoms with Crippen LogP contribution in [0.25, 0.3) is 0 Å². The van der Waals surface area contributed by atoms with Crippen LogP contribution in [0.2, 0.25) is 0 Å². The van der Waals surface area contributed by atoms with E-state index >= 15 is 0 Å². The number of Topliss-reactive ketones (excluding diaryl/α,β-unsaturated/α-hetero) is 1. The zero-order valence-corrected chi connectivity index (χ0v) is 9.39. The molecular formula is C9H8BrNO4. The summed E-state index contributed by atoms with van der Waals surface area (Å²) >= 11 is 3.11. The highest BCUT2D eigenvalue weighted by Crippen LogP contribution is 2.28. The third kappa shape index (κ3) is 2.60. The molecule has 0 heterocycles. The Labute approximate surface area is 94.0 Å². The largest absolute Gasteiger partial charge is 0.381 e. The summed E-state index contributed by atoms with van der Waals surface area (Å²) in [4.78, 5) is 20.8. The van der Waals surface area contributed by atoms with Gasteiger partial charge in [0.2, 0.25) is 0 Å². The molecule has 15 heavy (non-hydrogen) atoms. The molecule has 1 atom stereocenters. The Kier molecular flexibility index (Phi) is 3.54. The van der Waals surface area contributed by atoms with Gasteiger partial charge in [0.1, 0.15) is 6.10 Å². The normalized spacial score (nSPS) is 12.2. The third-order valence-electron chi connectivity index (χ3n) is 1.87. The molecule has 1 rings (SSSR count). The van der Waals surface area contributed by atoms with Crippen molar-refractivity contribution in [2.24, 2.45) is 0 Å². The van der Waals surface area contributed by atoms with Crippen LogP contribution < -0.4 is 0 Å². The van der Waals surface area contributed by atoms with Gasteiger partial charge in [-0.1, -0.05) is 15.9 Å². The minimum Gasteiger partial charge on any atom is -0.381 e. The van der Waals surface area contributed by atoms with E-state index in [9.17, 15) is 20.0 Å². The van der Waals surface area contributed by atoms with E-state index in [-0.39, 0.29) is 11.3 Å². The molecule has 6 heteroatoms. The van der Waals surface area contributed by atoms with Crippen molar-refractivity contribution in [2.45, 2.75) is 13.0 Å². The summed E-state index contributed by atoms with van der Waals surface area (Å²) in [6.07, 6.45) is -1.33. The molecule has 0 saturated heterocycles. The second kappa shape index (κ2) is 4.50. The highest BCUT2D eigenvalue weighted by molar-refractivity contribution is 9.10. The van der Waals surface area contributed by atoms with Crippen molar-refractivity contribution in [3.05, 3.63) is 38.3 Å². The van der Waals surface area contributed by atoms with Gasteiger partial charge < -0.3 is 5.11 Å². The number of halogens is 1. The molecule has 80 valence electrons. The van der Waals surface area contributed by atoms with Gasteiger partial charge >= 0.3 is 0 Å². The average molecular weight is 274 g/mol. The lowest BCUT2D eigenvalue weighted by Crippen LogP contribution is -2.08.